The van der Waals surface area contributed by atoms with Crippen LogP contribution < -0.4 is 5.32 Å². The summed E-state index contributed by atoms with van der Waals surface area (Å²) in [6.07, 6.45) is 0. The molecule has 1 heterocycles. The number of halogens is 4. The van der Waals surface area contributed by atoms with Crippen molar-refractivity contribution in [3.8, 4) is 0 Å². The molecule has 0 spiro atoms. The monoisotopic (exact) mass is 358 g/mol. The molecule has 1 aliphatic heterocycles. The van der Waals surface area contributed by atoms with Gasteiger partial charge in [0, 0.05) is 42.3 Å². The lowest BCUT2D eigenvalue weighted by atomic mass is 10.1. The van der Waals surface area contributed by atoms with Gasteiger partial charge in [-0.2, -0.15) is 0 Å². The molecule has 0 aliphatic carbocycles. The molecular weight excluding hydrogens is 342 g/mol. The number of hydrogen-bond acceptors (Lipinski definition) is 2. The average Bonchev–Trinajstić information content (AvgIpc) is 2.32. The van der Waals surface area contributed by atoms with Crippen LogP contribution >= 0.6 is 40.7 Å². The molecule has 0 radical (unpaired) electrons. The number of nitrogens with zero attached hydrogens (tertiary/aromatic N) is 1. The Kier molecular flexibility index (Phi) is 8.39. The zero-order chi connectivity index (χ0) is 11.5. The predicted octanol–water partition coefficient (Wildman–Crippen LogP) is 3.40. The van der Waals surface area contributed by atoms with Crippen molar-refractivity contribution in [1.29, 1.82) is 0 Å². The van der Waals surface area contributed by atoms with E-state index >= 15 is 0 Å². The smallest absolute Gasteiger partial charge is 0.128 e. The molecule has 1 aliphatic rings. The Bertz CT molecular complexity index is 373. The lowest BCUT2D eigenvalue weighted by Gasteiger charge is -2.33. The molecule has 0 aromatic heterocycles. The average molecular weight is 360 g/mol. The Morgan fingerprint density at radius 2 is 1.89 bits per heavy atom. The third-order valence-corrected chi connectivity index (χ3v) is 3.60. The van der Waals surface area contributed by atoms with E-state index in [-0.39, 0.29) is 36.7 Å². The third kappa shape index (κ3) is 4.35. The van der Waals surface area contributed by atoms with E-state index in [0.717, 1.165) is 36.2 Å². The normalized spacial score (nSPS) is 17.5. The van der Waals surface area contributed by atoms with Gasteiger partial charge in [0.05, 0.1) is 0 Å². The number of piperazine rings is 1. The van der Waals surface area contributed by atoms with Crippen LogP contribution in [0.2, 0.25) is 0 Å². The summed E-state index contributed by atoms with van der Waals surface area (Å²) in [5.74, 6) is -0.116. The molecule has 1 saturated heterocycles. The fourth-order valence-corrected chi connectivity index (χ4v) is 2.48. The Morgan fingerprint density at radius 3 is 2.50 bits per heavy atom. The number of nitrogens with one attached hydrogen (secondary N) is 1. The van der Waals surface area contributed by atoms with Gasteiger partial charge < -0.3 is 5.32 Å². The number of benzene rings is 1. The van der Waals surface area contributed by atoms with Gasteiger partial charge in [0.25, 0.3) is 0 Å². The first-order valence-electron chi connectivity index (χ1n) is 5.58. The Balaban J connectivity index is 0.00000144. The highest BCUT2D eigenvalue weighted by Crippen LogP contribution is 2.26. The lowest BCUT2D eigenvalue weighted by molar-refractivity contribution is 0.182. The van der Waals surface area contributed by atoms with Crippen molar-refractivity contribution >= 4 is 40.7 Å². The van der Waals surface area contributed by atoms with Gasteiger partial charge in [0.15, 0.2) is 0 Å². The van der Waals surface area contributed by atoms with Gasteiger partial charge in [-0.05, 0) is 25.1 Å². The summed E-state index contributed by atoms with van der Waals surface area (Å²) in [4.78, 5) is 2.31. The maximum absolute atomic E-state index is 13.7. The van der Waals surface area contributed by atoms with Crippen molar-refractivity contribution in [2.75, 3.05) is 26.2 Å². The van der Waals surface area contributed by atoms with Crippen molar-refractivity contribution in [3.05, 3.63) is 34.1 Å². The molecule has 6 heteroatoms. The molecule has 0 saturated carbocycles. The van der Waals surface area contributed by atoms with Crippen LogP contribution in [0, 0.1) is 5.82 Å². The molecule has 18 heavy (non-hydrogen) atoms. The lowest BCUT2D eigenvalue weighted by Crippen LogP contribution is -2.44. The molecule has 2 rings (SSSR count). The highest BCUT2D eigenvalue weighted by atomic mass is 79.9. The minimum atomic E-state index is -0.116. The van der Waals surface area contributed by atoms with Crippen molar-refractivity contribution in [2.45, 2.75) is 13.0 Å². The zero-order valence-electron chi connectivity index (χ0n) is 10.2. The van der Waals surface area contributed by atoms with E-state index in [9.17, 15) is 4.39 Å². The molecule has 1 fully saturated rings. The minimum Gasteiger partial charge on any atom is -0.314 e. The standard InChI is InChI=1S/C12H16BrFN2.2ClH/c1-9(16-6-4-15-5-7-16)11-8-10(13)2-3-12(11)14;;/h2-3,8-9,15H,4-7H2,1H3;2*1H/t9-;;/m0../s1. The number of hydrogen-bond donors (Lipinski definition) is 1. The molecule has 1 N–H and O–H groups in total. The second-order valence-corrected chi connectivity index (χ2v) is 5.04. The summed E-state index contributed by atoms with van der Waals surface area (Å²) in [5, 5.41) is 3.30. The summed E-state index contributed by atoms with van der Waals surface area (Å²) < 4.78 is 14.6. The Labute approximate surface area is 128 Å². The van der Waals surface area contributed by atoms with E-state index in [1.807, 2.05) is 6.07 Å². The zero-order valence-corrected chi connectivity index (χ0v) is 13.4. The highest BCUT2D eigenvalue weighted by molar-refractivity contribution is 9.10. The maximum atomic E-state index is 13.7. The van der Waals surface area contributed by atoms with Gasteiger partial charge in [0.2, 0.25) is 0 Å². The fourth-order valence-electron chi connectivity index (χ4n) is 2.10. The maximum Gasteiger partial charge on any atom is 0.128 e. The van der Waals surface area contributed by atoms with Crippen LogP contribution in [0.3, 0.4) is 0 Å². The molecule has 2 nitrogen and oxygen atoms in total. The molecule has 1 aromatic carbocycles. The van der Waals surface area contributed by atoms with Crippen LogP contribution in [0.5, 0.6) is 0 Å². The topological polar surface area (TPSA) is 15.3 Å². The molecule has 0 amide bonds. The van der Waals surface area contributed by atoms with Gasteiger partial charge in [-0.15, -0.1) is 24.8 Å². The van der Waals surface area contributed by atoms with E-state index in [1.54, 1.807) is 6.07 Å². The van der Waals surface area contributed by atoms with E-state index in [4.69, 9.17) is 0 Å². The van der Waals surface area contributed by atoms with Crippen molar-refractivity contribution < 1.29 is 4.39 Å². The van der Waals surface area contributed by atoms with E-state index in [2.05, 4.69) is 33.1 Å². The second-order valence-electron chi connectivity index (χ2n) is 4.13. The SMILES string of the molecule is C[C@@H](c1cc(Br)ccc1F)N1CCNCC1.Cl.Cl. The van der Waals surface area contributed by atoms with Gasteiger partial charge in [0.1, 0.15) is 5.82 Å². The Morgan fingerprint density at radius 1 is 1.28 bits per heavy atom. The molecule has 0 bridgehead atoms. The van der Waals surface area contributed by atoms with Crippen LogP contribution in [-0.2, 0) is 0 Å². The third-order valence-electron chi connectivity index (χ3n) is 3.11. The summed E-state index contributed by atoms with van der Waals surface area (Å²) in [7, 11) is 0. The highest BCUT2D eigenvalue weighted by Gasteiger charge is 2.20. The minimum absolute atomic E-state index is 0. The number of rotatable bonds is 2. The van der Waals surface area contributed by atoms with Gasteiger partial charge in [-0.25, -0.2) is 4.39 Å². The van der Waals surface area contributed by atoms with Gasteiger partial charge in [-0.1, -0.05) is 15.9 Å². The summed E-state index contributed by atoms with van der Waals surface area (Å²) in [6.45, 7) is 6.00. The van der Waals surface area contributed by atoms with Crippen LogP contribution in [-0.4, -0.2) is 31.1 Å². The Hall–Kier alpha value is 0.130. The van der Waals surface area contributed by atoms with Crippen LogP contribution in [0.25, 0.3) is 0 Å². The van der Waals surface area contributed by atoms with Crippen LogP contribution in [0.15, 0.2) is 22.7 Å². The van der Waals surface area contributed by atoms with Crippen molar-refractivity contribution in [3.63, 3.8) is 0 Å². The van der Waals surface area contributed by atoms with Gasteiger partial charge >= 0.3 is 0 Å². The fraction of sp³-hybridized carbons (Fsp3) is 0.500. The summed E-state index contributed by atoms with van der Waals surface area (Å²) >= 11 is 3.39. The predicted molar refractivity (Wildman–Crippen MR) is 81.5 cm³/mol. The van der Waals surface area contributed by atoms with Crippen molar-refractivity contribution in [2.24, 2.45) is 0 Å². The second kappa shape index (κ2) is 8.33. The first-order chi connectivity index (χ1) is 7.68. The molecule has 0 unspecified atom stereocenters. The van der Waals surface area contributed by atoms with Crippen LogP contribution in [0.1, 0.15) is 18.5 Å². The van der Waals surface area contributed by atoms with E-state index < -0.39 is 0 Å². The molecule has 1 atom stereocenters. The van der Waals surface area contributed by atoms with E-state index in [1.165, 1.54) is 6.07 Å². The largest absolute Gasteiger partial charge is 0.314 e. The van der Waals surface area contributed by atoms with Crippen molar-refractivity contribution in [1.82, 2.24) is 10.2 Å². The first-order valence-corrected chi connectivity index (χ1v) is 6.37. The van der Waals surface area contributed by atoms with E-state index in [0.29, 0.717) is 0 Å². The molecule has 1 aromatic rings. The molecular formula is C12H18BrCl2FN2. The summed E-state index contributed by atoms with van der Waals surface area (Å²) in [6, 6.07) is 5.28. The quantitative estimate of drug-likeness (QED) is 0.870. The van der Waals surface area contributed by atoms with Crippen LogP contribution in [0.4, 0.5) is 4.39 Å². The summed E-state index contributed by atoms with van der Waals surface area (Å²) in [5.41, 5.74) is 0.774. The molecule has 104 valence electrons. The first kappa shape index (κ1) is 18.1. The van der Waals surface area contributed by atoms with Gasteiger partial charge in [-0.3, -0.25) is 4.90 Å².